The van der Waals surface area contributed by atoms with Gasteiger partial charge in [-0.05, 0) is 49.8 Å². The number of carboxylic acid groups (broad SMARTS) is 1. The summed E-state index contributed by atoms with van der Waals surface area (Å²) >= 11 is 0. The summed E-state index contributed by atoms with van der Waals surface area (Å²) in [6, 6.07) is 15.5. The van der Waals surface area contributed by atoms with Crippen LogP contribution in [0.2, 0.25) is 0 Å². The van der Waals surface area contributed by atoms with Crippen molar-refractivity contribution in [1.82, 2.24) is 10.2 Å². The van der Waals surface area contributed by atoms with Crippen LogP contribution in [0.25, 0.3) is 0 Å². The van der Waals surface area contributed by atoms with Gasteiger partial charge in [0.05, 0.1) is 25.2 Å². The van der Waals surface area contributed by atoms with Crippen molar-refractivity contribution < 1.29 is 24.2 Å². The lowest BCUT2D eigenvalue weighted by molar-refractivity contribution is -0.146. The summed E-state index contributed by atoms with van der Waals surface area (Å²) in [5.41, 5.74) is 2.98. The average molecular weight is 453 g/mol. The Morgan fingerprint density at radius 1 is 1.12 bits per heavy atom. The predicted molar refractivity (Wildman–Crippen MR) is 125 cm³/mol. The fraction of sp³-hybridized carbons (Fsp3) is 0.423. The van der Waals surface area contributed by atoms with Gasteiger partial charge in [0.15, 0.2) is 5.78 Å². The number of nitrogens with zero attached hydrogens (tertiary/aromatic N) is 1. The number of fused-ring (bicyclic) bond motifs is 1. The summed E-state index contributed by atoms with van der Waals surface area (Å²) < 4.78 is 5.25. The van der Waals surface area contributed by atoms with E-state index in [1.807, 2.05) is 54.6 Å². The molecule has 0 saturated heterocycles. The third-order valence-corrected chi connectivity index (χ3v) is 6.00. The maximum atomic E-state index is 13.6. The number of hydrogen-bond acceptors (Lipinski definition) is 6. The molecule has 0 radical (unpaired) electrons. The van der Waals surface area contributed by atoms with Crippen LogP contribution in [-0.2, 0) is 32.0 Å². The van der Waals surface area contributed by atoms with E-state index in [0.717, 1.165) is 16.7 Å². The molecular formula is C26H32N2O5. The molecule has 1 aliphatic rings. The minimum absolute atomic E-state index is 0.155. The van der Waals surface area contributed by atoms with Crippen molar-refractivity contribution in [2.24, 2.45) is 0 Å². The van der Waals surface area contributed by atoms with Gasteiger partial charge in [-0.1, -0.05) is 54.6 Å². The number of nitrogens with one attached hydrogen (secondary N) is 1. The fourth-order valence-electron chi connectivity index (χ4n) is 4.38. The summed E-state index contributed by atoms with van der Waals surface area (Å²) in [4.78, 5) is 39.4. The first-order valence-electron chi connectivity index (χ1n) is 11.4. The van der Waals surface area contributed by atoms with E-state index in [0.29, 0.717) is 25.8 Å². The van der Waals surface area contributed by atoms with Crippen LogP contribution in [-0.4, -0.2) is 59.5 Å². The Bertz CT molecular complexity index is 962. The van der Waals surface area contributed by atoms with Crippen LogP contribution in [0.4, 0.5) is 0 Å². The SMILES string of the molecule is CCOC(=O)[C@H](CCc1ccccc1)N[C@@H](C)C(=O)[C@@H]1c2ccccc2CCN1CC(=O)O. The fourth-order valence-corrected chi connectivity index (χ4v) is 4.38. The van der Waals surface area contributed by atoms with Crippen molar-refractivity contribution in [2.75, 3.05) is 19.7 Å². The number of rotatable bonds is 11. The molecule has 0 aromatic heterocycles. The number of carboxylic acids is 1. The number of hydrogen-bond donors (Lipinski definition) is 2. The second-order valence-electron chi connectivity index (χ2n) is 8.34. The summed E-state index contributed by atoms with van der Waals surface area (Å²) in [6.45, 7) is 4.01. The third kappa shape index (κ3) is 6.49. The van der Waals surface area contributed by atoms with Crippen molar-refractivity contribution in [3.05, 3.63) is 71.3 Å². The largest absolute Gasteiger partial charge is 0.480 e. The molecule has 0 unspecified atom stereocenters. The summed E-state index contributed by atoms with van der Waals surface area (Å²) in [5.74, 6) is -1.52. The number of aryl methyl sites for hydroxylation is 1. The molecule has 3 atom stereocenters. The van der Waals surface area contributed by atoms with Crippen LogP contribution in [0.1, 0.15) is 43.0 Å². The second kappa shape index (κ2) is 11.7. The van der Waals surface area contributed by atoms with Gasteiger partial charge in [0.2, 0.25) is 0 Å². The summed E-state index contributed by atoms with van der Waals surface area (Å²) in [6.07, 6.45) is 1.84. The number of carbonyl (C=O) groups is 3. The Morgan fingerprint density at radius 2 is 1.82 bits per heavy atom. The molecule has 0 spiro atoms. The number of aliphatic carboxylic acids is 1. The van der Waals surface area contributed by atoms with E-state index < -0.39 is 24.1 Å². The molecule has 2 aromatic rings. The first kappa shape index (κ1) is 24.6. The molecular weight excluding hydrogens is 420 g/mol. The zero-order valence-electron chi connectivity index (χ0n) is 19.2. The van der Waals surface area contributed by atoms with Gasteiger partial charge >= 0.3 is 11.9 Å². The zero-order valence-corrected chi connectivity index (χ0v) is 19.2. The highest BCUT2D eigenvalue weighted by Gasteiger charge is 2.37. The lowest BCUT2D eigenvalue weighted by atomic mass is 9.88. The molecule has 7 heteroatoms. The smallest absolute Gasteiger partial charge is 0.323 e. The Kier molecular flexibility index (Phi) is 8.74. The van der Waals surface area contributed by atoms with Gasteiger partial charge < -0.3 is 9.84 Å². The van der Waals surface area contributed by atoms with Crippen LogP contribution in [0.3, 0.4) is 0 Å². The Morgan fingerprint density at radius 3 is 2.52 bits per heavy atom. The molecule has 3 rings (SSSR count). The van der Waals surface area contributed by atoms with Crippen LogP contribution in [0.15, 0.2) is 54.6 Å². The van der Waals surface area contributed by atoms with Crippen molar-refractivity contribution in [3.8, 4) is 0 Å². The number of carbonyl (C=O) groups excluding carboxylic acids is 2. The van der Waals surface area contributed by atoms with Crippen LogP contribution < -0.4 is 5.32 Å². The molecule has 0 aliphatic carbocycles. The van der Waals surface area contributed by atoms with Gasteiger partial charge in [-0.15, -0.1) is 0 Å². The van der Waals surface area contributed by atoms with Crippen LogP contribution in [0.5, 0.6) is 0 Å². The topological polar surface area (TPSA) is 95.9 Å². The van der Waals surface area contributed by atoms with E-state index >= 15 is 0 Å². The van der Waals surface area contributed by atoms with Gasteiger partial charge in [-0.25, -0.2) is 0 Å². The molecule has 33 heavy (non-hydrogen) atoms. The molecule has 2 aromatic carbocycles. The molecule has 176 valence electrons. The monoisotopic (exact) mass is 452 g/mol. The minimum Gasteiger partial charge on any atom is -0.480 e. The highest BCUT2D eigenvalue weighted by atomic mass is 16.5. The third-order valence-electron chi connectivity index (χ3n) is 6.00. The lowest BCUT2D eigenvalue weighted by Crippen LogP contribution is -2.52. The Hall–Kier alpha value is -3.03. The van der Waals surface area contributed by atoms with Crippen molar-refractivity contribution in [2.45, 2.75) is 51.2 Å². The van der Waals surface area contributed by atoms with E-state index in [-0.39, 0.29) is 24.9 Å². The standard InChI is InChI=1S/C26H32N2O5/c1-3-33-26(32)22(14-13-19-9-5-4-6-10-19)27-18(2)25(31)24-21-12-8-7-11-20(21)15-16-28(24)17-23(29)30/h4-12,18,22,24,27H,3,13-17H2,1-2H3,(H,29,30)/t18-,22-,24-/m0/s1. The summed E-state index contributed by atoms with van der Waals surface area (Å²) in [5, 5.41) is 12.6. The highest BCUT2D eigenvalue weighted by molar-refractivity contribution is 5.91. The average Bonchev–Trinajstić information content (AvgIpc) is 2.81. The molecule has 2 N–H and O–H groups in total. The maximum Gasteiger partial charge on any atom is 0.323 e. The summed E-state index contributed by atoms with van der Waals surface area (Å²) in [7, 11) is 0. The van der Waals surface area contributed by atoms with E-state index in [2.05, 4.69) is 5.32 Å². The van der Waals surface area contributed by atoms with Gasteiger partial charge in [-0.3, -0.25) is 24.6 Å². The van der Waals surface area contributed by atoms with Crippen LogP contribution in [0, 0.1) is 0 Å². The molecule has 7 nitrogen and oxygen atoms in total. The van der Waals surface area contributed by atoms with Gasteiger partial charge in [0, 0.05) is 6.54 Å². The van der Waals surface area contributed by atoms with Crippen molar-refractivity contribution in [1.29, 1.82) is 0 Å². The zero-order chi connectivity index (χ0) is 23.8. The molecule has 1 heterocycles. The Labute approximate surface area is 194 Å². The molecule has 0 fully saturated rings. The quantitative estimate of drug-likeness (QED) is 0.506. The minimum atomic E-state index is -0.972. The molecule has 0 amide bonds. The molecule has 0 saturated carbocycles. The number of ether oxygens (including phenoxy) is 1. The first-order valence-corrected chi connectivity index (χ1v) is 11.4. The Balaban J connectivity index is 1.78. The number of ketones is 1. The van der Waals surface area contributed by atoms with Gasteiger partial charge in [0.1, 0.15) is 6.04 Å². The number of esters is 1. The normalized spacial score (nSPS) is 17.6. The number of Topliss-reactive ketones (excluding diaryl/α,β-unsaturated/α-hetero) is 1. The molecule has 0 bridgehead atoms. The predicted octanol–water partition coefficient (Wildman–Crippen LogP) is 2.78. The van der Waals surface area contributed by atoms with E-state index in [1.165, 1.54) is 0 Å². The highest BCUT2D eigenvalue weighted by Crippen LogP contribution is 2.31. The maximum absolute atomic E-state index is 13.6. The van der Waals surface area contributed by atoms with Crippen molar-refractivity contribution >= 4 is 17.7 Å². The van der Waals surface area contributed by atoms with E-state index in [1.54, 1.807) is 18.7 Å². The van der Waals surface area contributed by atoms with Crippen LogP contribution >= 0.6 is 0 Å². The lowest BCUT2D eigenvalue weighted by Gasteiger charge is -2.37. The van der Waals surface area contributed by atoms with E-state index in [4.69, 9.17) is 4.74 Å². The van der Waals surface area contributed by atoms with E-state index in [9.17, 15) is 19.5 Å². The van der Waals surface area contributed by atoms with Gasteiger partial charge in [0.25, 0.3) is 0 Å². The van der Waals surface area contributed by atoms with Crippen molar-refractivity contribution in [3.63, 3.8) is 0 Å². The number of benzene rings is 2. The molecule has 1 aliphatic heterocycles. The second-order valence-corrected chi connectivity index (χ2v) is 8.34. The van der Waals surface area contributed by atoms with Gasteiger partial charge in [-0.2, -0.15) is 0 Å². The first-order chi connectivity index (χ1) is 15.9.